The van der Waals surface area contributed by atoms with Crippen LogP contribution in [0.1, 0.15) is 42.4 Å². The molecule has 3 aliphatic heterocycles. The van der Waals surface area contributed by atoms with Crippen molar-refractivity contribution in [2.45, 2.75) is 25.6 Å². The van der Waals surface area contributed by atoms with Crippen molar-refractivity contribution in [2.75, 3.05) is 13.4 Å². The van der Waals surface area contributed by atoms with E-state index in [4.69, 9.17) is 24.0 Å². The second kappa shape index (κ2) is 7.19. The summed E-state index contributed by atoms with van der Waals surface area (Å²) in [5, 5.41) is 7.00. The molecule has 3 aromatic rings. The van der Waals surface area contributed by atoms with Crippen LogP contribution in [0.15, 0.2) is 65.9 Å². The molecule has 6 rings (SSSR count). The number of hydrogen-bond donors (Lipinski definition) is 0. The summed E-state index contributed by atoms with van der Waals surface area (Å²) in [6.45, 7) is 2.80. The third kappa shape index (κ3) is 2.96. The lowest BCUT2D eigenvalue weighted by Crippen LogP contribution is -2.34. The van der Waals surface area contributed by atoms with Crippen LogP contribution in [-0.2, 0) is 0 Å². The Kier molecular flexibility index (Phi) is 4.19. The summed E-state index contributed by atoms with van der Waals surface area (Å²) in [6, 6.07) is 17.8. The molecule has 31 heavy (non-hydrogen) atoms. The standard InChI is InChI=1S/C24H21N3O4/c1-2-28-21-8-5-6-16-19-13-18(15-9-10-20-22(12-15)30-14-29-20)26-27(19)24(31-23(16)21)17-7-3-4-11-25-17/h3-12,19,24H,2,13-14H2,1H3/t19-,24+/m1/s1. The maximum Gasteiger partial charge on any atom is 0.231 e. The molecule has 0 unspecified atom stereocenters. The summed E-state index contributed by atoms with van der Waals surface area (Å²) in [5.74, 6) is 3.03. The first-order valence-corrected chi connectivity index (χ1v) is 10.4. The Morgan fingerprint density at radius 1 is 1.06 bits per heavy atom. The number of hydrogen-bond acceptors (Lipinski definition) is 7. The maximum atomic E-state index is 6.46. The molecule has 3 aliphatic rings. The van der Waals surface area contributed by atoms with Crippen molar-refractivity contribution < 1.29 is 18.9 Å². The number of para-hydroxylation sites is 1. The smallest absolute Gasteiger partial charge is 0.231 e. The highest BCUT2D eigenvalue weighted by molar-refractivity contribution is 6.02. The second-order valence-electron chi connectivity index (χ2n) is 7.55. The number of aromatic nitrogens is 1. The average Bonchev–Trinajstić information content (AvgIpc) is 3.46. The van der Waals surface area contributed by atoms with Gasteiger partial charge in [-0.2, -0.15) is 5.10 Å². The normalized spacial score (nSPS) is 20.5. The summed E-state index contributed by atoms with van der Waals surface area (Å²) in [4.78, 5) is 4.54. The van der Waals surface area contributed by atoms with Gasteiger partial charge in [-0.05, 0) is 43.3 Å². The van der Waals surface area contributed by atoms with Gasteiger partial charge in [-0.3, -0.25) is 4.98 Å². The van der Waals surface area contributed by atoms with Crippen LogP contribution in [0.4, 0.5) is 0 Å². The van der Waals surface area contributed by atoms with E-state index in [1.54, 1.807) is 6.20 Å². The zero-order valence-corrected chi connectivity index (χ0v) is 17.0. The fourth-order valence-corrected chi connectivity index (χ4v) is 4.32. The number of fused-ring (bicyclic) bond motifs is 4. The molecule has 7 nitrogen and oxygen atoms in total. The van der Waals surface area contributed by atoms with Crippen LogP contribution in [0.5, 0.6) is 23.0 Å². The Morgan fingerprint density at radius 3 is 2.87 bits per heavy atom. The molecule has 0 spiro atoms. The summed E-state index contributed by atoms with van der Waals surface area (Å²) in [6.07, 6.45) is 2.08. The van der Waals surface area contributed by atoms with Gasteiger partial charge < -0.3 is 18.9 Å². The molecule has 4 heterocycles. The van der Waals surface area contributed by atoms with Crippen LogP contribution < -0.4 is 18.9 Å². The SMILES string of the molecule is CCOc1cccc2c1O[C@@H](c1ccccn1)N1N=C(c3ccc4c(c3)OCO4)C[C@H]21. The lowest BCUT2D eigenvalue weighted by molar-refractivity contribution is -0.0240. The molecule has 0 N–H and O–H groups in total. The molecule has 0 radical (unpaired) electrons. The second-order valence-corrected chi connectivity index (χ2v) is 7.55. The predicted octanol–water partition coefficient (Wildman–Crippen LogP) is 4.45. The van der Waals surface area contributed by atoms with Gasteiger partial charge in [0.1, 0.15) is 5.69 Å². The lowest BCUT2D eigenvalue weighted by atomic mass is 9.96. The minimum Gasteiger partial charge on any atom is -0.490 e. The van der Waals surface area contributed by atoms with E-state index in [1.807, 2.05) is 60.5 Å². The van der Waals surface area contributed by atoms with Crippen molar-refractivity contribution >= 4 is 5.71 Å². The van der Waals surface area contributed by atoms with Gasteiger partial charge in [-0.25, -0.2) is 5.01 Å². The lowest BCUT2D eigenvalue weighted by Gasteiger charge is -2.38. The molecule has 0 bridgehead atoms. The number of ether oxygens (including phenoxy) is 4. The largest absolute Gasteiger partial charge is 0.490 e. The molecule has 0 aliphatic carbocycles. The molecule has 7 heteroatoms. The van der Waals surface area contributed by atoms with E-state index in [0.29, 0.717) is 6.61 Å². The highest BCUT2D eigenvalue weighted by atomic mass is 16.7. The van der Waals surface area contributed by atoms with Crippen LogP contribution in [0.2, 0.25) is 0 Å². The molecule has 0 fully saturated rings. The molecule has 2 aromatic carbocycles. The molecule has 0 saturated carbocycles. The third-order valence-corrected chi connectivity index (χ3v) is 5.73. The van der Waals surface area contributed by atoms with E-state index < -0.39 is 6.23 Å². The van der Waals surface area contributed by atoms with E-state index >= 15 is 0 Å². The Bertz CT molecular complexity index is 1160. The molecular weight excluding hydrogens is 394 g/mol. The first kappa shape index (κ1) is 18.1. The van der Waals surface area contributed by atoms with Gasteiger partial charge in [0.2, 0.25) is 13.0 Å². The molecule has 0 saturated heterocycles. The van der Waals surface area contributed by atoms with Gasteiger partial charge in [0, 0.05) is 23.7 Å². The molecule has 2 atom stereocenters. The van der Waals surface area contributed by atoms with Gasteiger partial charge >= 0.3 is 0 Å². The zero-order chi connectivity index (χ0) is 20.8. The minimum absolute atomic E-state index is 0.0246. The van der Waals surface area contributed by atoms with Crippen molar-refractivity contribution in [1.82, 2.24) is 9.99 Å². The van der Waals surface area contributed by atoms with E-state index in [-0.39, 0.29) is 12.8 Å². The van der Waals surface area contributed by atoms with Crippen LogP contribution >= 0.6 is 0 Å². The van der Waals surface area contributed by atoms with Crippen LogP contribution in [0, 0.1) is 0 Å². The number of pyridine rings is 1. The van der Waals surface area contributed by atoms with Crippen molar-refractivity contribution in [1.29, 1.82) is 0 Å². The topological polar surface area (TPSA) is 65.4 Å². The first-order chi connectivity index (χ1) is 15.3. The summed E-state index contributed by atoms with van der Waals surface area (Å²) in [5.41, 5.74) is 3.86. The van der Waals surface area contributed by atoms with Crippen molar-refractivity contribution in [3.05, 3.63) is 77.6 Å². The molecular formula is C24H21N3O4. The van der Waals surface area contributed by atoms with E-state index in [2.05, 4.69) is 11.1 Å². The van der Waals surface area contributed by atoms with E-state index in [0.717, 1.165) is 52.0 Å². The number of rotatable bonds is 4. The minimum atomic E-state index is -0.438. The molecule has 1 aromatic heterocycles. The highest BCUT2D eigenvalue weighted by Crippen LogP contribution is 2.50. The zero-order valence-electron chi connectivity index (χ0n) is 17.0. The van der Waals surface area contributed by atoms with Crippen LogP contribution in [0.3, 0.4) is 0 Å². The molecule has 0 amide bonds. The summed E-state index contributed by atoms with van der Waals surface area (Å²) in [7, 11) is 0. The Balaban J connectivity index is 1.44. The van der Waals surface area contributed by atoms with Gasteiger partial charge in [0.15, 0.2) is 23.0 Å². The van der Waals surface area contributed by atoms with Crippen molar-refractivity contribution in [3.8, 4) is 23.0 Å². The van der Waals surface area contributed by atoms with E-state index in [1.165, 1.54) is 0 Å². The summed E-state index contributed by atoms with van der Waals surface area (Å²) < 4.78 is 23.3. The Morgan fingerprint density at radius 2 is 2.00 bits per heavy atom. The average molecular weight is 415 g/mol. The van der Waals surface area contributed by atoms with Crippen LogP contribution in [-0.4, -0.2) is 29.1 Å². The number of hydrazone groups is 1. The van der Waals surface area contributed by atoms with Crippen molar-refractivity contribution in [2.24, 2.45) is 5.10 Å². The predicted molar refractivity (Wildman–Crippen MR) is 114 cm³/mol. The van der Waals surface area contributed by atoms with Crippen LogP contribution in [0.25, 0.3) is 0 Å². The molecule has 156 valence electrons. The van der Waals surface area contributed by atoms with Gasteiger partial charge in [0.25, 0.3) is 0 Å². The maximum absolute atomic E-state index is 6.46. The summed E-state index contributed by atoms with van der Waals surface area (Å²) >= 11 is 0. The first-order valence-electron chi connectivity index (χ1n) is 10.4. The number of nitrogens with zero attached hydrogens (tertiary/aromatic N) is 3. The van der Waals surface area contributed by atoms with Gasteiger partial charge in [0.05, 0.1) is 18.4 Å². The Hall–Kier alpha value is -3.74. The van der Waals surface area contributed by atoms with E-state index in [9.17, 15) is 0 Å². The fourth-order valence-electron chi connectivity index (χ4n) is 4.32. The van der Waals surface area contributed by atoms with Crippen molar-refractivity contribution in [3.63, 3.8) is 0 Å². The number of benzene rings is 2. The third-order valence-electron chi connectivity index (χ3n) is 5.73. The Labute approximate surface area is 179 Å². The van der Waals surface area contributed by atoms with Gasteiger partial charge in [-0.15, -0.1) is 0 Å². The quantitative estimate of drug-likeness (QED) is 0.627. The fraction of sp³-hybridized carbons (Fsp3) is 0.250. The highest BCUT2D eigenvalue weighted by Gasteiger charge is 2.42. The monoisotopic (exact) mass is 415 g/mol. The van der Waals surface area contributed by atoms with Gasteiger partial charge in [-0.1, -0.05) is 18.2 Å².